The van der Waals surface area contributed by atoms with Crippen molar-refractivity contribution in [3.63, 3.8) is 0 Å². The van der Waals surface area contributed by atoms with Crippen LogP contribution in [0.2, 0.25) is 0 Å². The Labute approximate surface area is 116 Å². The molecule has 1 fully saturated rings. The van der Waals surface area contributed by atoms with E-state index in [2.05, 4.69) is 34.2 Å². The normalized spacial score (nSPS) is 23.6. The molecule has 3 N–H and O–H groups in total. The maximum absolute atomic E-state index is 5.63. The maximum Gasteiger partial charge on any atom is 0.105 e. The first kappa shape index (κ1) is 12.8. The quantitative estimate of drug-likeness (QED) is 0.836. The van der Waals surface area contributed by atoms with Gasteiger partial charge in [-0.15, -0.1) is 0 Å². The third kappa shape index (κ3) is 2.99. The number of nitrogens with one attached hydrogen (secondary N) is 1. The van der Waals surface area contributed by atoms with E-state index in [9.17, 15) is 0 Å². The molecule has 1 aliphatic carbocycles. The highest BCUT2D eigenvalue weighted by Crippen LogP contribution is 2.29. The van der Waals surface area contributed by atoms with E-state index < -0.39 is 0 Å². The van der Waals surface area contributed by atoms with E-state index in [4.69, 9.17) is 18.0 Å². The van der Waals surface area contributed by atoms with Crippen LogP contribution in [0.1, 0.15) is 31.7 Å². The van der Waals surface area contributed by atoms with Crippen molar-refractivity contribution in [1.29, 1.82) is 0 Å². The van der Waals surface area contributed by atoms with Crippen LogP contribution in [0, 0.1) is 5.92 Å². The Kier molecular flexibility index (Phi) is 4.05. The lowest BCUT2D eigenvalue weighted by molar-refractivity contribution is 0.556. The van der Waals surface area contributed by atoms with E-state index >= 15 is 0 Å². The Morgan fingerprint density at radius 1 is 1.47 bits per heavy atom. The third-order valence-electron chi connectivity index (χ3n) is 3.45. The summed E-state index contributed by atoms with van der Waals surface area (Å²) in [6.07, 6.45) is 3.91. The summed E-state index contributed by atoms with van der Waals surface area (Å²) in [4.78, 5) is 0.428. The molecule has 2 atom stereocenters. The lowest BCUT2D eigenvalue weighted by atomic mass is 10.1. The number of hydrogen-bond donors (Lipinski definition) is 2. The van der Waals surface area contributed by atoms with Gasteiger partial charge in [-0.25, -0.2) is 0 Å². The third-order valence-corrected chi connectivity index (χ3v) is 4.32. The van der Waals surface area contributed by atoms with Gasteiger partial charge >= 0.3 is 0 Å². The Morgan fingerprint density at radius 2 is 2.24 bits per heavy atom. The Bertz CT molecular complexity index is 433. The fraction of sp³-hybridized carbons (Fsp3) is 0.462. The summed E-state index contributed by atoms with van der Waals surface area (Å²) in [6.45, 7) is 2.31. The van der Waals surface area contributed by atoms with Crippen molar-refractivity contribution >= 4 is 38.8 Å². The summed E-state index contributed by atoms with van der Waals surface area (Å²) < 4.78 is 0.959. The van der Waals surface area contributed by atoms with Crippen LogP contribution in [0.4, 0.5) is 5.69 Å². The second-order valence-corrected chi connectivity index (χ2v) is 6.01. The van der Waals surface area contributed by atoms with E-state index in [-0.39, 0.29) is 0 Å². The Hall–Kier alpha value is -0.610. The van der Waals surface area contributed by atoms with Crippen LogP contribution in [0.3, 0.4) is 0 Å². The number of hydrogen-bond acceptors (Lipinski definition) is 2. The van der Waals surface area contributed by atoms with Gasteiger partial charge in [0.25, 0.3) is 0 Å². The van der Waals surface area contributed by atoms with Crippen LogP contribution >= 0.6 is 28.1 Å². The Balaban J connectivity index is 2.12. The zero-order valence-electron chi connectivity index (χ0n) is 9.87. The van der Waals surface area contributed by atoms with E-state index in [0.717, 1.165) is 21.6 Å². The predicted octanol–water partition coefficient (Wildman–Crippen LogP) is 3.68. The summed E-state index contributed by atoms with van der Waals surface area (Å²) in [5, 5.41) is 3.58. The molecule has 4 heteroatoms. The minimum absolute atomic E-state index is 0.428. The van der Waals surface area contributed by atoms with Gasteiger partial charge in [0.1, 0.15) is 4.99 Å². The minimum Gasteiger partial charge on any atom is -0.389 e. The SMILES string of the molecule is CC1CCCC1Nc1ccc(C(N)=S)c(Br)c1. The van der Waals surface area contributed by atoms with Crippen LogP contribution < -0.4 is 11.1 Å². The van der Waals surface area contributed by atoms with Gasteiger partial charge in [0.15, 0.2) is 0 Å². The van der Waals surface area contributed by atoms with Gasteiger partial charge in [0.05, 0.1) is 0 Å². The highest BCUT2D eigenvalue weighted by molar-refractivity contribution is 9.10. The highest BCUT2D eigenvalue weighted by Gasteiger charge is 2.22. The number of nitrogens with two attached hydrogens (primary N) is 1. The number of anilines is 1. The van der Waals surface area contributed by atoms with Crippen LogP contribution in [0.15, 0.2) is 22.7 Å². The summed E-state index contributed by atoms with van der Waals surface area (Å²) in [7, 11) is 0. The molecule has 0 spiro atoms. The van der Waals surface area contributed by atoms with Crippen LogP contribution in [0.5, 0.6) is 0 Å². The van der Waals surface area contributed by atoms with E-state index in [0.29, 0.717) is 11.0 Å². The van der Waals surface area contributed by atoms with E-state index in [1.165, 1.54) is 19.3 Å². The van der Waals surface area contributed by atoms with Gasteiger partial charge in [-0.2, -0.15) is 0 Å². The molecule has 0 aromatic heterocycles. The van der Waals surface area contributed by atoms with Gasteiger partial charge < -0.3 is 11.1 Å². The lowest BCUT2D eigenvalue weighted by Gasteiger charge is -2.19. The molecule has 92 valence electrons. The van der Waals surface area contributed by atoms with Crippen LogP contribution in [-0.2, 0) is 0 Å². The summed E-state index contributed by atoms with van der Waals surface area (Å²) in [5.74, 6) is 0.754. The highest BCUT2D eigenvalue weighted by atomic mass is 79.9. The average molecular weight is 313 g/mol. The Morgan fingerprint density at radius 3 is 2.76 bits per heavy atom. The minimum atomic E-state index is 0.428. The van der Waals surface area contributed by atoms with Crippen LogP contribution in [-0.4, -0.2) is 11.0 Å². The molecule has 0 saturated heterocycles. The zero-order valence-corrected chi connectivity index (χ0v) is 12.3. The molecule has 0 aliphatic heterocycles. The molecule has 0 amide bonds. The fourth-order valence-corrected chi connectivity index (χ4v) is 3.28. The van der Waals surface area contributed by atoms with Crippen molar-refractivity contribution in [1.82, 2.24) is 0 Å². The topological polar surface area (TPSA) is 38.0 Å². The van der Waals surface area contributed by atoms with Gasteiger partial charge in [-0.05, 0) is 52.9 Å². The fourth-order valence-electron chi connectivity index (χ4n) is 2.38. The molecular formula is C13H17BrN2S. The first-order valence-electron chi connectivity index (χ1n) is 5.94. The number of thiocarbonyl (C=S) groups is 1. The van der Waals surface area contributed by atoms with Crippen molar-refractivity contribution in [2.75, 3.05) is 5.32 Å². The van der Waals surface area contributed by atoms with Crippen molar-refractivity contribution in [2.45, 2.75) is 32.2 Å². The van der Waals surface area contributed by atoms with E-state index in [1.54, 1.807) is 0 Å². The molecule has 17 heavy (non-hydrogen) atoms. The van der Waals surface area contributed by atoms with Gasteiger partial charge in [0, 0.05) is 21.8 Å². The number of halogens is 1. The second kappa shape index (κ2) is 5.36. The molecule has 1 aromatic rings. The molecule has 2 rings (SSSR count). The van der Waals surface area contributed by atoms with Crippen LogP contribution in [0.25, 0.3) is 0 Å². The predicted molar refractivity (Wildman–Crippen MR) is 80.5 cm³/mol. The van der Waals surface area contributed by atoms with Gasteiger partial charge in [0.2, 0.25) is 0 Å². The molecule has 1 aliphatic rings. The van der Waals surface area contributed by atoms with Gasteiger partial charge in [-0.3, -0.25) is 0 Å². The molecule has 0 radical (unpaired) electrons. The first-order valence-corrected chi connectivity index (χ1v) is 7.14. The monoisotopic (exact) mass is 312 g/mol. The number of rotatable bonds is 3. The lowest BCUT2D eigenvalue weighted by Crippen LogP contribution is -2.21. The van der Waals surface area contributed by atoms with Crippen molar-refractivity contribution < 1.29 is 0 Å². The zero-order chi connectivity index (χ0) is 12.4. The van der Waals surface area contributed by atoms with Crippen molar-refractivity contribution in [3.05, 3.63) is 28.2 Å². The molecule has 0 bridgehead atoms. The van der Waals surface area contributed by atoms with Gasteiger partial charge in [-0.1, -0.05) is 25.6 Å². The number of benzene rings is 1. The summed E-state index contributed by atoms with van der Waals surface area (Å²) in [5.41, 5.74) is 7.66. The summed E-state index contributed by atoms with van der Waals surface area (Å²) >= 11 is 8.49. The molecular weight excluding hydrogens is 296 g/mol. The summed E-state index contributed by atoms with van der Waals surface area (Å²) in [6, 6.07) is 6.66. The smallest absolute Gasteiger partial charge is 0.105 e. The standard InChI is InChI=1S/C13H17BrN2S/c1-8-3-2-4-12(8)16-9-5-6-10(13(15)17)11(14)7-9/h5-8,12,16H,2-4H2,1H3,(H2,15,17). The largest absolute Gasteiger partial charge is 0.389 e. The average Bonchev–Trinajstić information content (AvgIpc) is 2.64. The van der Waals surface area contributed by atoms with Crippen molar-refractivity contribution in [3.8, 4) is 0 Å². The van der Waals surface area contributed by atoms with Crippen molar-refractivity contribution in [2.24, 2.45) is 11.7 Å². The molecule has 1 aromatic carbocycles. The second-order valence-electron chi connectivity index (χ2n) is 4.72. The molecule has 1 saturated carbocycles. The van der Waals surface area contributed by atoms with E-state index in [1.807, 2.05) is 12.1 Å². The molecule has 0 heterocycles. The molecule has 2 nitrogen and oxygen atoms in total. The maximum atomic E-state index is 5.63. The first-order chi connectivity index (χ1) is 8.08. The molecule has 2 unspecified atom stereocenters.